The summed E-state index contributed by atoms with van der Waals surface area (Å²) in [5.41, 5.74) is 2.86. The van der Waals surface area contributed by atoms with E-state index in [1.165, 1.54) is 30.4 Å². The number of hydrogen-bond acceptors (Lipinski definition) is 2. The van der Waals surface area contributed by atoms with Gasteiger partial charge in [-0.2, -0.15) is 0 Å². The van der Waals surface area contributed by atoms with Crippen LogP contribution in [0.15, 0.2) is 29.3 Å². The average molecular weight is 443 g/mol. The van der Waals surface area contributed by atoms with Crippen LogP contribution < -0.4 is 10.6 Å². The molecule has 24 heavy (non-hydrogen) atoms. The van der Waals surface area contributed by atoms with Crippen LogP contribution in [-0.4, -0.2) is 32.2 Å². The quantitative estimate of drug-likeness (QED) is 0.305. The van der Waals surface area contributed by atoms with Gasteiger partial charge in [-0.15, -0.1) is 24.0 Å². The van der Waals surface area contributed by atoms with Crippen molar-refractivity contribution in [1.82, 2.24) is 10.6 Å². The third-order valence-electron chi connectivity index (χ3n) is 4.90. The van der Waals surface area contributed by atoms with E-state index >= 15 is 0 Å². The molecule has 2 aliphatic carbocycles. The van der Waals surface area contributed by atoms with Gasteiger partial charge in [-0.25, -0.2) is 0 Å². The number of nitrogens with zero attached hydrogens (tertiary/aromatic N) is 1. The van der Waals surface area contributed by atoms with Gasteiger partial charge in [0, 0.05) is 26.2 Å². The van der Waals surface area contributed by atoms with Crippen molar-refractivity contribution in [3.63, 3.8) is 0 Å². The second-order valence-corrected chi connectivity index (χ2v) is 6.77. The third-order valence-corrected chi connectivity index (χ3v) is 4.90. The van der Waals surface area contributed by atoms with Gasteiger partial charge in [0.1, 0.15) is 0 Å². The maximum atomic E-state index is 6.14. The minimum Gasteiger partial charge on any atom is -0.373 e. The van der Waals surface area contributed by atoms with Gasteiger partial charge in [-0.05, 0) is 49.1 Å². The lowest BCUT2D eigenvalue weighted by Gasteiger charge is -2.25. The Hall–Kier alpha value is -0.820. The molecular weight excluding hydrogens is 413 g/mol. The van der Waals surface area contributed by atoms with E-state index in [4.69, 9.17) is 4.74 Å². The number of aryl methyl sites for hydroxylation is 1. The summed E-state index contributed by atoms with van der Waals surface area (Å²) >= 11 is 0. The number of fused-ring (bicyclic) bond motifs is 1. The molecule has 0 saturated heterocycles. The van der Waals surface area contributed by atoms with Crippen LogP contribution in [0.1, 0.15) is 49.8 Å². The largest absolute Gasteiger partial charge is 0.373 e. The molecule has 2 aliphatic rings. The van der Waals surface area contributed by atoms with Gasteiger partial charge in [0.2, 0.25) is 0 Å². The number of nitrogens with one attached hydrogen (secondary N) is 2. The first-order chi connectivity index (χ1) is 11.3. The molecule has 0 bridgehead atoms. The molecule has 0 radical (unpaired) electrons. The zero-order chi connectivity index (χ0) is 16.1. The molecule has 3 rings (SSSR count). The van der Waals surface area contributed by atoms with E-state index in [0.717, 1.165) is 37.9 Å². The summed E-state index contributed by atoms with van der Waals surface area (Å²) in [5, 5.41) is 6.82. The van der Waals surface area contributed by atoms with E-state index in [0.29, 0.717) is 6.04 Å². The number of hydrogen-bond donors (Lipinski definition) is 2. The predicted molar refractivity (Wildman–Crippen MR) is 110 cm³/mol. The summed E-state index contributed by atoms with van der Waals surface area (Å²) in [7, 11) is 1.83. The number of rotatable bonds is 6. The molecule has 134 valence electrons. The van der Waals surface area contributed by atoms with Crippen molar-refractivity contribution in [2.24, 2.45) is 10.9 Å². The Bertz CT molecular complexity index is 549. The van der Waals surface area contributed by atoms with Crippen molar-refractivity contribution < 1.29 is 4.74 Å². The van der Waals surface area contributed by atoms with Gasteiger partial charge in [-0.1, -0.05) is 31.2 Å². The first-order valence-electron chi connectivity index (χ1n) is 8.94. The maximum Gasteiger partial charge on any atom is 0.191 e. The van der Waals surface area contributed by atoms with Gasteiger partial charge in [-0.3, -0.25) is 4.99 Å². The van der Waals surface area contributed by atoms with Crippen molar-refractivity contribution in [3.8, 4) is 0 Å². The Labute approximate surface area is 162 Å². The fourth-order valence-corrected chi connectivity index (χ4v) is 3.28. The SMILES string of the molecule is CN=C(NCCCOC1CCCc2ccccc21)NC1CC1C.I. The first-order valence-corrected chi connectivity index (χ1v) is 8.94. The lowest BCUT2D eigenvalue weighted by molar-refractivity contribution is 0.0398. The van der Waals surface area contributed by atoms with E-state index in [1.807, 2.05) is 7.05 Å². The fourth-order valence-electron chi connectivity index (χ4n) is 3.28. The first kappa shape index (κ1) is 19.5. The summed E-state index contributed by atoms with van der Waals surface area (Å²) in [4.78, 5) is 4.27. The van der Waals surface area contributed by atoms with Crippen LogP contribution in [0.2, 0.25) is 0 Å². The van der Waals surface area contributed by atoms with Crippen molar-refractivity contribution in [1.29, 1.82) is 0 Å². The highest BCUT2D eigenvalue weighted by molar-refractivity contribution is 14.0. The Morgan fingerprint density at radius 2 is 2.12 bits per heavy atom. The summed E-state index contributed by atoms with van der Waals surface area (Å²) in [6, 6.07) is 9.32. The molecule has 3 atom stereocenters. The number of benzene rings is 1. The molecule has 0 amide bonds. The van der Waals surface area contributed by atoms with Crippen LogP contribution in [0.25, 0.3) is 0 Å². The summed E-state index contributed by atoms with van der Waals surface area (Å²) in [5.74, 6) is 1.70. The van der Waals surface area contributed by atoms with Crippen molar-refractivity contribution in [2.75, 3.05) is 20.2 Å². The van der Waals surface area contributed by atoms with Gasteiger partial charge in [0.25, 0.3) is 0 Å². The molecule has 3 unspecified atom stereocenters. The molecule has 4 nitrogen and oxygen atoms in total. The Kier molecular flexibility index (Phi) is 7.81. The number of aliphatic imine (C=N–C) groups is 1. The van der Waals surface area contributed by atoms with Crippen LogP contribution in [-0.2, 0) is 11.2 Å². The van der Waals surface area contributed by atoms with E-state index < -0.39 is 0 Å². The molecule has 0 heterocycles. The molecule has 0 spiro atoms. The van der Waals surface area contributed by atoms with Crippen LogP contribution in [0, 0.1) is 5.92 Å². The highest BCUT2D eigenvalue weighted by Crippen LogP contribution is 2.32. The normalized spacial score (nSPS) is 25.4. The number of ether oxygens (including phenoxy) is 1. The smallest absolute Gasteiger partial charge is 0.191 e. The minimum atomic E-state index is 0. The highest BCUT2D eigenvalue weighted by Gasteiger charge is 2.33. The predicted octanol–water partition coefficient (Wildman–Crippen LogP) is 3.66. The van der Waals surface area contributed by atoms with Gasteiger partial charge >= 0.3 is 0 Å². The lowest BCUT2D eigenvalue weighted by Crippen LogP contribution is -2.39. The van der Waals surface area contributed by atoms with Crippen LogP contribution in [0.3, 0.4) is 0 Å². The Balaban J connectivity index is 0.00000208. The monoisotopic (exact) mass is 443 g/mol. The van der Waals surface area contributed by atoms with Crippen molar-refractivity contribution in [3.05, 3.63) is 35.4 Å². The lowest BCUT2D eigenvalue weighted by atomic mass is 9.89. The molecule has 0 aromatic heterocycles. The van der Waals surface area contributed by atoms with E-state index in [9.17, 15) is 0 Å². The molecule has 1 saturated carbocycles. The Morgan fingerprint density at radius 1 is 1.33 bits per heavy atom. The van der Waals surface area contributed by atoms with Crippen molar-refractivity contribution >= 4 is 29.9 Å². The zero-order valence-corrected chi connectivity index (χ0v) is 17.1. The number of halogens is 1. The van der Waals surface area contributed by atoms with Gasteiger partial charge in [0.15, 0.2) is 5.96 Å². The second kappa shape index (κ2) is 9.61. The van der Waals surface area contributed by atoms with Crippen LogP contribution in [0.5, 0.6) is 0 Å². The highest BCUT2D eigenvalue weighted by atomic mass is 127. The molecule has 1 aromatic rings. The average Bonchev–Trinajstić information content (AvgIpc) is 3.28. The molecule has 1 aromatic carbocycles. The van der Waals surface area contributed by atoms with Crippen LogP contribution >= 0.6 is 24.0 Å². The van der Waals surface area contributed by atoms with E-state index in [-0.39, 0.29) is 30.1 Å². The summed E-state index contributed by atoms with van der Waals surface area (Å²) in [6.45, 7) is 3.96. The minimum absolute atomic E-state index is 0. The van der Waals surface area contributed by atoms with E-state index in [1.54, 1.807) is 0 Å². The molecule has 2 N–H and O–H groups in total. The molecule has 0 aliphatic heterocycles. The Morgan fingerprint density at radius 3 is 2.88 bits per heavy atom. The maximum absolute atomic E-state index is 6.14. The van der Waals surface area contributed by atoms with Crippen LogP contribution in [0.4, 0.5) is 0 Å². The summed E-state index contributed by atoms with van der Waals surface area (Å²) in [6.07, 6.45) is 6.11. The van der Waals surface area contributed by atoms with Gasteiger partial charge in [0.05, 0.1) is 6.10 Å². The van der Waals surface area contributed by atoms with Gasteiger partial charge < -0.3 is 15.4 Å². The number of guanidine groups is 1. The standard InChI is InChI=1S/C19H29N3O.HI/c1-14-13-17(14)22-19(20-2)21-11-6-12-23-18-10-5-8-15-7-3-4-9-16(15)18;/h3-4,7,9,14,17-18H,5-6,8,10-13H2,1-2H3,(H2,20,21,22);1H. The molecule has 1 fully saturated rings. The second-order valence-electron chi connectivity index (χ2n) is 6.77. The summed E-state index contributed by atoms with van der Waals surface area (Å²) < 4.78 is 6.14. The zero-order valence-electron chi connectivity index (χ0n) is 14.8. The van der Waals surface area contributed by atoms with E-state index in [2.05, 4.69) is 46.8 Å². The third kappa shape index (κ3) is 5.34. The van der Waals surface area contributed by atoms with Crippen molar-refractivity contribution in [2.45, 2.75) is 51.2 Å². The molecule has 5 heteroatoms. The topological polar surface area (TPSA) is 45.7 Å². The fraction of sp³-hybridized carbons (Fsp3) is 0.632. The molecular formula is C19H30IN3O.